The Morgan fingerprint density at radius 1 is 1.24 bits per heavy atom. The first-order valence-electron chi connectivity index (χ1n) is 7.78. The van der Waals surface area contributed by atoms with Crippen molar-refractivity contribution in [2.24, 2.45) is 11.0 Å². The maximum atomic E-state index is 12.0. The lowest BCUT2D eigenvalue weighted by Crippen LogP contribution is -2.29. The van der Waals surface area contributed by atoms with Gasteiger partial charge in [-0.05, 0) is 56.5 Å². The van der Waals surface area contributed by atoms with Gasteiger partial charge in [0, 0.05) is 5.92 Å². The fraction of sp³-hybridized carbons (Fsp3) is 0.529. The molecule has 114 valence electrons. The van der Waals surface area contributed by atoms with Gasteiger partial charge in [-0.15, -0.1) is 0 Å². The van der Waals surface area contributed by atoms with E-state index >= 15 is 0 Å². The zero-order valence-electron chi connectivity index (χ0n) is 12.9. The minimum atomic E-state index is 0.0555. The Labute approximate surface area is 126 Å². The zero-order valence-corrected chi connectivity index (χ0v) is 12.9. The summed E-state index contributed by atoms with van der Waals surface area (Å²) in [6, 6.07) is 7.74. The van der Waals surface area contributed by atoms with Crippen LogP contribution < -0.4 is 10.2 Å². The molecule has 21 heavy (non-hydrogen) atoms. The van der Waals surface area contributed by atoms with Gasteiger partial charge in [0.1, 0.15) is 5.75 Å². The smallest absolute Gasteiger partial charge is 0.243 e. The molecule has 2 rings (SSSR count). The van der Waals surface area contributed by atoms with E-state index in [4.69, 9.17) is 4.74 Å². The number of hydrazone groups is 1. The minimum absolute atomic E-state index is 0.0555. The summed E-state index contributed by atoms with van der Waals surface area (Å²) < 4.78 is 5.41. The number of ether oxygens (including phenoxy) is 1. The maximum absolute atomic E-state index is 12.0. The summed E-state index contributed by atoms with van der Waals surface area (Å²) in [5.41, 5.74) is 4.50. The van der Waals surface area contributed by atoms with Crippen LogP contribution in [-0.4, -0.2) is 18.2 Å². The Balaban J connectivity index is 1.91. The molecule has 0 aliphatic heterocycles. The molecule has 0 bridgehead atoms. The van der Waals surface area contributed by atoms with Crippen LogP contribution in [0.4, 0.5) is 0 Å². The Morgan fingerprint density at radius 3 is 2.52 bits per heavy atom. The average Bonchev–Trinajstić information content (AvgIpc) is 2.54. The van der Waals surface area contributed by atoms with Crippen LogP contribution >= 0.6 is 0 Å². The standard InChI is InChI=1S/C17H24N2O2/c1-3-21-16-11-9-14(10-12-16)13(2)18-19-17(20)15-7-5-4-6-8-15/h9-12,15H,3-8H2,1-2H3,(H,19,20)/b18-13+. The average molecular weight is 288 g/mol. The molecule has 1 N–H and O–H groups in total. The number of carbonyl (C=O) groups is 1. The molecule has 0 atom stereocenters. The minimum Gasteiger partial charge on any atom is -0.494 e. The fourth-order valence-corrected chi connectivity index (χ4v) is 2.62. The zero-order chi connectivity index (χ0) is 15.1. The number of carbonyl (C=O) groups excluding carboxylic acids is 1. The quantitative estimate of drug-likeness (QED) is 0.666. The Bertz CT molecular complexity index is 488. The Kier molecular flexibility index (Phi) is 5.78. The van der Waals surface area contributed by atoms with Gasteiger partial charge in [-0.25, -0.2) is 5.43 Å². The van der Waals surface area contributed by atoms with Gasteiger partial charge in [0.05, 0.1) is 12.3 Å². The van der Waals surface area contributed by atoms with E-state index in [1.165, 1.54) is 6.42 Å². The van der Waals surface area contributed by atoms with Crippen molar-refractivity contribution < 1.29 is 9.53 Å². The molecular weight excluding hydrogens is 264 g/mol. The number of hydrogen-bond acceptors (Lipinski definition) is 3. The van der Waals surface area contributed by atoms with Crippen molar-refractivity contribution in [3.05, 3.63) is 29.8 Å². The van der Waals surface area contributed by atoms with Crippen molar-refractivity contribution in [2.75, 3.05) is 6.61 Å². The summed E-state index contributed by atoms with van der Waals surface area (Å²) in [6.45, 7) is 4.52. The van der Waals surface area contributed by atoms with Crippen molar-refractivity contribution in [2.45, 2.75) is 46.0 Å². The summed E-state index contributed by atoms with van der Waals surface area (Å²) in [5.74, 6) is 1.04. The normalized spacial score (nSPS) is 16.6. The van der Waals surface area contributed by atoms with Gasteiger partial charge in [0.2, 0.25) is 5.91 Å². The third-order valence-corrected chi connectivity index (χ3v) is 3.89. The molecule has 1 amide bonds. The predicted molar refractivity (Wildman–Crippen MR) is 84.5 cm³/mol. The van der Waals surface area contributed by atoms with Gasteiger partial charge in [-0.3, -0.25) is 4.79 Å². The number of hydrogen-bond donors (Lipinski definition) is 1. The number of nitrogens with zero attached hydrogens (tertiary/aromatic N) is 1. The summed E-state index contributed by atoms with van der Waals surface area (Å²) in [7, 11) is 0. The van der Waals surface area contributed by atoms with Gasteiger partial charge in [0.15, 0.2) is 0 Å². The van der Waals surface area contributed by atoms with Crippen molar-refractivity contribution >= 4 is 11.6 Å². The van der Waals surface area contributed by atoms with Gasteiger partial charge < -0.3 is 4.74 Å². The van der Waals surface area contributed by atoms with Gasteiger partial charge in [-0.1, -0.05) is 19.3 Å². The van der Waals surface area contributed by atoms with E-state index in [-0.39, 0.29) is 11.8 Å². The Hall–Kier alpha value is -1.84. The molecule has 1 aliphatic rings. The van der Waals surface area contributed by atoms with E-state index in [1.807, 2.05) is 38.1 Å². The molecule has 0 heterocycles. The molecule has 1 aromatic rings. The van der Waals surface area contributed by atoms with Crippen molar-refractivity contribution in [3.63, 3.8) is 0 Å². The molecule has 1 aromatic carbocycles. The fourth-order valence-electron chi connectivity index (χ4n) is 2.62. The number of nitrogens with one attached hydrogen (secondary N) is 1. The van der Waals surface area contributed by atoms with Crippen molar-refractivity contribution in [1.29, 1.82) is 0 Å². The van der Waals surface area contributed by atoms with E-state index in [1.54, 1.807) is 0 Å². The highest BCUT2D eigenvalue weighted by atomic mass is 16.5. The first-order chi connectivity index (χ1) is 10.2. The van der Waals surface area contributed by atoms with Crippen LogP contribution in [0.25, 0.3) is 0 Å². The van der Waals surface area contributed by atoms with Crippen LogP contribution in [-0.2, 0) is 4.79 Å². The molecule has 4 heteroatoms. The van der Waals surface area contributed by atoms with E-state index in [9.17, 15) is 4.79 Å². The summed E-state index contributed by atoms with van der Waals surface area (Å²) in [5, 5.41) is 4.22. The van der Waals surface area contributed by atoms with Gasteiger partial charge >= 0.3 is 0 Å². The number of rotatable bonds is 5. The topological polar surface area (TPSA) is 50.7 Å². The maximum Gasteiger partial charge on any atom is 0.243 e. The van der Waals surface area contributed by atoms with E-state index in [0.717, 1.165) is 42.7 Å². The SMILES string of the molecule is CCOc1ccc(/C(C)=N/NC(=O)C2CCCCC2)cc1. The van der Waals surface area contributed by atoms with Crippen molar-refractivity contribution in [3.8, 4) is 5.75 Å². The van der Waals surface area contributed by atoms with Crippen LogP contribution in [0.3, 0.4) is 0 Å². The number of amides is 1. The molecular formula is C17H24N2O2. The van der Waals surface area contributed by atoms with Crippen LogP contribution in [0.15, 0.2) is 29.4 Å². The molecule has 0 spiro atoms. The van der Waals surface area contributed by atoms with Crippen LogP contribution in [0, 0.1) is 5.92 Å². The van der Waals surface area contributed by atoms with Crippen LogP contribution in [0.2, 0.25) is 0 Å². The monoisotopic (exact) mass is 288 g/mol. The summed E-state index contributed by atoms with van der Waals surface area (Å²) >= 11 is 0. The first kappa shape index (κ1) is 15.5. The molecule has 0 saturated heterocycles. The lowest BCUT2D eigenvalue weighted by atomic mass is 9.89. The van der Waals surface area contributed by atoms with Crippen LogP contribution in [0.5, 0.6) is 5.75 Å². The highest BCUT2D eigenvalue weighted by Gasteiger charge is 2.20. The van der Waals surface area contributed by atoms with Crippen molar-refractivity contribution in [1.82, 2.24) is 5.43 Å². The van der Waals surface area contributed by atoms with E-state index in [2.05, 4.69) is 10.5 Å². The summed E-state index contributed by atoms with van der Waals surface area (Å²) in [6.07, 6.45) is 5.53. The lowest BCUT2D eigenvalue weighted by molar-refractivity contribution is -0.125. The Morgan fingerprint density at radius 2 is 1.90 bits per heavy atom. The molecule has 0 radical (unpaired) electrons. The first-order valence-corrected chi connectivity index (χ1v) is 7.78. The molecule has 0 unspecified atom stereocenters. The highest BCUT2D eigenvalue weighted by molar-refractivity contribution is 5.99. The molecule has 1 saturated carbocycles. The predicted octanol–water partition coefficient (Wildman–Crippen LogP) is 3.51. The second kappa shape index (κ2) is 7.81. The van der Waals surface area contributed by atoms with Crippen LogP contribution in [0.1, 0.15) is 51.5 Å². The second-order valence-corrected chi connectivity index (χ2v) is 5.47. The van der Waals surface area contributed by atoms with E-state index in [0.29, 0.717) is 6.61 Å². The molecule has 1 aliphatic carbocycles. The molecule has 0 aromatic heterocycles. The lowest BCUT2D eigenvalue weighted by Gasteiger charge is -2.19. The summed E-state index contributed by atoms with van der Waals surface area (Å²) in [4.78, 5) is 12.0. The van der Waals surface area contributed by atoms with E-state index < -0.39 is 0 Å². The largest absolute Gasteiger partial charge is 0.494 e. The second-order valence-electron chi connectivity index (χ2n) is 5.47. The number of benzene rings is 1. The van der Waals surface area contributed by atoms with Gasteiger partial charge in [-0.2, -0.15) is 5.10 Å². The third-order valence-electron chi connectivity index (χ3n) is 3.89. The van der Waals surface area contributed by atoms with Gasteiger partial charge in [0.25, 0.3) is 0 Å². The highest BCUT2D eigenvalue weighted by Crippen LogP contribution is 2.23. The molecule has 4 nitrogen and oxygen atoms in total. The third kappa shape index (κ3) is 4.59. The molecule has 1 fully saturated rings.